The molecule has 0 bridgehead atoms. The normalized spacial score (nSPS) is 13.0. The highest BCUT2D eigenvalue weighted by molar-refractivity contribution is 5.04. The van der Waals surface area contributed by atoms with Crippen molar-refractivity contribution in [1.29, 1.82) is 0 Å². The van der Waals surface area contributed by atoms with Crippen LogP contribution >= 0.6 is 0 Å². The molecule has 0 aliphatic carbocycles. The summed E-state index contributed by atoms with van der Waals surface area (Å²) >= 11 is 0. The maximum Gasteiger partial charge on any atom is 0.141 e. The summed E-state index contributed by atoms with van der Waals surface area (Å²) in [7, 11) is 0. The number of halogens is 1. The lowest BCUT2D eigenvalue weighted by molar-refractivity contribution is 0.270. The van der Waals surface area contributed by atoms with E-state index in [4.69, 9.17) is 0 Å². The van der Waals surface area contributed by atoms with Gasteiger partial charge < -0.3 is 10.2 Å². The number of rotatable bonds is 7. The van der Waals surface area contributed by atoms with Crippen LogP contribution in [0.25, 0.3) is 0 Å². The maximum atomic E-state index is 12.7. The average Bonchev–Trinajstić information content (AvgIpc) is 2.35. The molecule has 1 aromatic heterocycles. The van der Waals surface area contributed by atoms with Crippen molar-refractivity contribution in [2.45, 2.75) is 33.4 Å². The second-order valence-corrected chi connectivity index (χ2v) is 4.24. The highest BCUT2D eigenvalue weighted by Crippen LogP contribution is 1.99. The van der Waals surface area contributed by atoms with Crippen molar-refractivity contribution in [2.75, 3.05) is 19.6 Å². The minimum Gasteiger partial charge on any atom is -0.307 e. The van der Waals surface area contributed by atoms with E-state index in [-0.39, 0.29) is 5.82 Å². The Kier molecular flexibility index (Phi) is 6.08. The Morgan fingerprint density at radius 2 is 2.06 bits per heavy atom. The van der Waals surface area contributed by atoms with E-state index in [2.05, 4.69) is 36.0 Å². The zero-order valence-electron chi connectivity index (χ0n) is 10.9. The summed E-state index contributed by atoms with van der Waals surface area (Å²) in [6.45, 7) is 10.3. The number of likely N-dealkylation sites (N-methyl/N-ethyl adjacent to an activating group) is 1. The number of pyridine rings is 1. The van der Waals surface area contributed by atoms with Crippen molar-refractivity contribution in [2.24, 2.45) is 0 Å². The Morgan fingerprint density at radius 3 is 2.59 bits per heavy atom. The van der Waals surface area contributed by atoms with E-state index in [1.54, 1.807) is 6.07 Å². The molecule has 0 aliphatic heterocycles. The number of hydrogen-bond donors (Lipinski definition) is 1. The molecule has 0 aliphatic rings. The Balaban J connectivity index is 2.32. The fourth-order valence-electron chi connectivity index (χ4n) is 1.72. The van der Waals surface area contributed by atoms with E-state index in [0.717, 1.165) is 25.3 Å². The highest BCUT2D eigenvalue weighted by Gasteiger charge is 2.06. The van der Waals surface area contributed by atoms with Crippen molar-refractivity contribution in [3.63, 3.8) is 0 Å². The lowest BCUT2D eigenvalue weighted by Crippen LogP contribution is -2.38. The molecule has 0 saturated heterocycles. The van der Waals surface area contributed by atoms with Gasteiger partial charge in [0.15, 0.2) is 0 Å². The molecule has 3 nitrogen and oxygen atoms in total. The van der Waals surface area contributed by atoms with Crippen LogP contribution in [-0.4, -0.2) is 35.6 Å². The van der Waals surface area contributed by atoms with Gasteiger partial charge in [-0.15, -0.1) is 0 Å². The topological polar surface area (TPSA) is 28.2 Å². The predicted molar refractivity (Wildman–Crippen MR) is 68.3 cm³/mol. The zero-order chi connectivity index (χ0) is 12.7. The van der Waals surface area contributed by atoms with Gasteiger partial charge in [0.2, 0.25) is 0 Å². The smallest absolute Gasteiger partial charge is 0.141 e. The fourth-order valence-corrected chi connectivity index (χ4v) is 1.72. The standard InChI is InChI=1S/C13H22FN3/c1-4-17(5-2)10-11(3)15-9-13-7-6-12(14)8-16-13/h6-8,11,15H,4-5,9-10H2,1-3H3. The second kappa shape index (κ2) is 7.35. The largest absolute Gasteiger partial charge is 0.307 e. The molecule has 0 spiro atoms. The van der Waals surface area contributed by atoms with Crippen LogP contribution in [-0.2, 0) is 6.54 Å². The highest BCUT2D eigenvalue weighted by atomic mass is 19.1. The van der Waals surface area contributed by atoms with Gasteiger partial charge in [-0.1, -0.05) is 13.8 Å². The number of aromatic nitrogens is 1. The van der Waals surface area contributed by atoms with E-state index in [0.29, 0.717) is 12.6 Å². The summed E-state index contributed by atoms with van der Waals surface area (Å²) in [4.78, 5) is 6.39. The van der Waals surface area contributed by atoms with Gasteiger partial charge in [-0.2, -0.15) is 0 Å². The summed E-state index contributed by atoms with van der Waals surface area (Å²) in [6, 6.07) is 3.56. The molecule has 1 heterocycles. The molecule has 17 heavy (non-hydrogen) atoms. The SMILES string of the molecule is CCN(CC)CC(C)NCc1ccc(F)cn1. The first-order chi connectivity index (χ1) is 8.15. The Bertz CT molecular complexity index is 309. The van der Waals surface area contributed by atoms with E-state index >= 15 is 0 Å². The molecular weight excluding hydrogens is 217 g/mol. The van der Waals surface area contributed by atoms with Gasteiger partial charge in [-0.3, -0.25) is 4.98 Å². The molecule has 1 atom stereocenters. The third kappa shape index (κ3) is 5.24. The molecule has 96 valence electrons. The van der Waals surface area contributed by atoms with Gasteiger partial charge in [0.1, 0.15) is 5.82 Å². The zero-order valence-corrected chi connectivity index (χ0v) is 10.9. The molecule has 1 unspecified atom stereocenters. The second-order valence-electron chi connectivity index (χ2n) is 4.24. The maximum absolute atomic E-state index is 12.7. The predicted octanol–water partition coefficient (Wildman–Crippen LogP) is 2.04. The van der Waals surface area contributed by atoms with Crippen molar-refractivity contribution < 1.29 is 4.39 Å². The molecule has 1 N–H and O–H groups in total. The molecule has 0 fully saturated rings. The Morgan fingerprint density at radius 1 is 1.35 bits per heavy atom. The van der Waals surface area contributed by atoms with E-state index in [1.807, 2.05) is 0 Å². The van der Waals surface area contributed by atoms with Crippen LogP contribution in [0.1, 0.15) is 26.5 Å². The monoisotopic (exact) mass is 239 g/mol. The van der Waals surface area contributed by atoms with Gasteiger partial charge >= 0.3 is 0 Å². The molecule has 0 saturated carbocycles. The summed E-state index contributed by atoms with van der Waals surface area (Å²) in [5.41, 5.74) is 0.873. The summed E-state index contributed by atoms with van der Waals surface area (Å²) in [6.07, 6.45) is 1.26. The Labute approximate surface area is 103 Å². The van der Waals surface area contributed by atoms with Crippen LogP contribution in [0.5, 0.6) is 0 Å². The molecule has 4 heteroatoms. The summed E-state index contributed by atoms with van der Waals surface area (Å²) < 4.78 is 12.7. The van der Waals surface area contributed by atoms with Crippen molar-refractivity contribution in [3.05, 3.63) is 29.8 Å². The van der Waals surface area contributed by atoms with Gasteiger partial charge in [0, 0.05) is 19.1 Å². The first-order valence-corrected chi connectivity index (χ1v) is 6.21. The van der Waals surface area contributed by atoms with Crippen molar-refractivity contribution in [1.82, 2.24) is 15.2 Å². The summed E-state index contributed by atoms with van der Waals surface area (Å²) in [5.74, 6) is -0.287. The third-order valence-electron chi connectivity index (χ3n) is 2.85. The van der Waals surface area contributed by atoms with Crippen LogP contribution < -0.4 is 5.32 Å². The van der Waals surface area contributed by atoms with Gasteiger partial charge in [-0.25, -0.2) is 4.39 Å². The first kappa shape index (κ1) is 14.1. The van der Waals surface area contributed by atoms with Crippen LogP contribution in [0, 0.1) is 5.82 Å². The van der Waals surface area contributed by atoms with Gasteiger partial charge in [-0.05, 0) is 32.1 Å². The number of nitrogens with one attached hydrogen (secondary N) is 1. The molecule has 1 aromatic rings. The fraction of sp³-hybridized carbons (Fsp3) is 0.615. The Hall–Kier alpha value is -1.00. The quantitative estimate of drug-likeness (QED) is 0.789. The molecule has 0 radical (unpaired) electrons. The average molecular weight is 239 g/mol. The number of nitrogens with zero attached hydrogens (tertiary/aromatic N) is 2. The van der Waals surface area contributed by atoms with Crippen LogP contribution in [0.2, 0.25) is 0 Å². The molecule has 1 rings (SSSR count). The van der Waals surface area contributed by atoms with E-state index < -0.39 is 0 Å². The van der Waals surface area contributed by atoms with Crippen LogP contribution in [0.3, 0.4) is 0 Å². The molecule has 0 amide bonds. The van der Waals surface area contributed by atoms with Gasteiger partial charge in [0.25, 0.3) is 0 Å². The minimum absolute atomic E-state index is 0.287. The third-order valence-corrected chi connectivity index (χ3v) is 2.85. The van der Waals surface area contributed by atoms with Gasteiger partial charge in [0.05, 0.1) is 11.9 Å². The van der Waals surface area contributed by atoms with Crippen LogP contribution in [0.4, 0.5) is 4.39 Å². The van der Waals surface area contributed by atoms with E-state index in [9.17, 15) is 4.39 Å². The first-order valence-electron chi connectivity index (χ1n) is 6.21. The lowest BCUT2D eigenvalue weighted by atomic mass is 10.2. The number of hydrogen-bond acceptors (Lipinski definition) is 3. The molecular formula is C13H22FN3. The van der Waals surface area contributed by atoms with E-state index in [1.165, 1.54) is 12.3 Å². The van der Waals surface area contributed by atoms with Crippen molar-refractivity contribution >= 4 is 0 Å². The van der Waals surface area contributed by atoms with Crippen molar-refractivity contribution in [3.8, 4) is 0 Å². The molecule has 0 aromatic carbocycles. The lowest BCUT2D eigenvalue weighted by Gasteiger charge is -2.23. The minimum atomic E-state index is -0.287. The summed E-state index contributed by atoms with van der Waals surface area (Å²) in [5, 5.41) is 3.39. The van der Waals surface area contributed by atoms with Crippen LogP contribution in [0.15, 0.2) is 18.3 Å².